The van der Waals surface area contributed by atoms with Crippen molar-refractivity contribution in [2.24, 2.45) is 17.6 Å². The van der Waals surface area contributed by atoms with Crippen molar-refractivity contribution in [3.05, 3.63) is 0 Å². The third-order valence-corrected chi connectivity index (χ3v) is 7.26. The number of unbranched alkanes of at least 4 members (excludes halogenated alkanes) is 1. The van der Waals surface area contributed by atoms with E-state index in [-0.39, 0.29) is 50.2 Å². The number of amides is 3. The van der Waals surface area contributed by atoms with Gasteiger partial charge in [-0.05, 0) is 45.4 Å². The summed E-state index contributed by atoms with van der Waals surface area (Å²) < 4.78 is 0. The lowest BCUT2D eigenvalue weighted by molar-refractivity contribution is -0.145. The lowest BCUT2D eigenvalue weighted by Crippen LogP contribution is -2.42. The van der Waals surface area contributed by atoms with Gasteiger partial charge in [-0.25, -0.2) is 9.59 Å². The maximum Gasteiger partial charge on any atom is 0.326 e. The van der Waals surface area contributed by atoms with E-state index < -0.39 is 90.7 Å². The van der Waals surface area contributed by atoms with Crippen LogP contribution in [0.15, 0.2) is 0 Å². The summed E-state index contributed by atoms with van der Waals surface area (Å²) in [6, 6.07) is -4.23. The van der Waals surface area contributed by atoms with Gasteiger partial charge in [0.1, 0.15) is 29.7 Å². The number of carbonyl (C=O) groups is 9. The Kier molecular flexibility index (Phi) is 20.0. The molecule has 0 rings (SSSR count). The van der Waals surface area contributed by atoms with Crippen molar-refractivity contribution < 1.29 is 63.6 Å². The first-order valence-corrected chi connectivity index (χ1v) is 15.0. The lowest BCUT2D eigenvalue weighted by atomic mass is 9.94. The summed E-state index contributed by atoms with van der Waals surface area (Å²) in [4.78, 5) is 106. The molecule has 0 unspecified atom stereocenters. The van der Waals surface area contributed by atoms with Gasteiger partial charge < -0.3 is 42.1 Å². The van der Waals surface area contributed by atoms with Gasteiger partial charge in [-0.3, -0.25) is 33.6 Å². The Morgan fingerprint density at radius 2 is 1.11 bits per heavy atom. The number of nitrogens with one attached hydrogen (secondary N) is 3. The van der Waals surface area contributed by atoms with Crippen molar-refractivity contribution >= 4 is 53.2 Å². The van der Waals surface area contributed by atoms with Gasteiger partial charge in [0, 0.05) is 44.6 Å². The Morgan fingerprint density at radius 3 is 1.59 bits per heavy atom. The molecule has 0 spiro atoms. The molecule has 0 saturated heterocycles. The van der Waals surface area contributed by atoms with Crippen molar-refractivity contribution in [2.45, 2.75) is 109 Å². The third-order valence-electron chi connectivity index (χ3n) is 7.26. The third kappa shape index (κ3) is 19.1. The van der Waals surface area contributed by atoms with Crippen LogP contribution in [0.3, 0.4) is 0 Å². The van der Waals surface area contributed by atoms with Gasteiger partial charge in [-0.2, -0.15) is 0 Å². The molecule has 0 aliphatic rings. The fourth-order valence-electron chi connectivity index (χ4n) is 4.13. The summed E-state index contributed by atoms with van der Waals surface area (Å²) in [5, 5.41) is 44.0. The highest BCUT2D eigenvalue weighted by Gasteiger charge is 2.27. The van der Waals surface area contributed by atoms with Gasteiger partial charge in [-0.1, -0.05) is 13.3 Å². The number of carboxylic acids is 4. The van der Waals surface area contributed by atoms with E-state index in [1.54, 1.807) is 0 Å². The molecule has 0 aliphatic carbocycles. The van der Waals surface area contributed by atoms with E-state index >= 15 is 0 Å². The summed E-state index contributed by atoms with van der Waals surface area (Å²) in [6.07, 6.45) is -1.07. The van der Waals surface area contributed by atoms with Crippen LogP contribution in [0.25, 0.3) is 0 Å². The van der Waals surface area contributed by atoms with Crippen LogP contribution >= 0.6 is 0 Å². The average molecular weight is 659 g/mol. The number of aliphatic carboxylic acids is 4. The largest absolute Gasteiger partial charge is 0.481 e. The summed E-state index contributed by atoms with van der Waals surface area (Å²) in [5.41, 5.74) is 5.30. The first-order chi connectivity index (χ1) is 21.4. The van der Waals surface area contributed by atoms with Crippen LogP contribution in [0.4, 0.5) is 0 Å². The number of hydrogen-bond donors (Lipinski definition) is 8. The molecule has 0 saturated carbocycles. The molecule has 46 heavy (non-hydrogen) atoms. The predicted octanol–water partition coefficient (Wildman–Crippen LogP) is -0.170. The Hall–Kier alpha value is -4.41. The van der Waals surface area contributed by atoms with Crippen LogP contribution in [0.1, 0.15) is 90.9 Å². The summed E-state index contributed by atoms with van der Waals surface area (Å²) >= 11 is 0. The molecule has 17 heteroatoms. The van der Waals surface area contributed by atoms with Gasteiger partial charge in [0.05, 0.1) is 5.92 Å². The topological polar surface area (TPSA) is 297 Å². The van der Waals surface area contributed by atoms with E-state index in [0.717, 1.165) is 6.42 Å². The first-order valence-electron chi connectivity index (χ1n) is 15.0. The first kappa shape index (κ1) is 41.6. The van der Waals surface area contributed by atoms with Gasteiger partial charge in [0.25, 0.3) is 0 Å². The number of ketones is 2. The minimum absolute atomic E-state index is 0.0646. The van der Waals surface area contributed by atoms with Crippen molar-refractivity contribution in [1.29, 1.82) is 0 Å². The summed E-state index contributed by atoms with van der Waals surface area (Å²) in [6.45, 7) is 3.68. The van der Waals surface area contributed by atoms with E-state index in [2.05, 4.69) is 16.0 Å². The van der Waals surface area contributed by atoms with Crippen molar-refractivity contribution in [3.63, 3.8) is 0 Å². The van der Waals surface area contributed by atoms with Crippen LogP contribution in [-0.2, 0) is 43.2 Å². The SMILES string of the molecule is CC(=O)[C@@H](C)CCCCNC(=O)CC[C@H](NC(=O)CC[C@H](CC(=O)CC[C@H](NC(=O)CC[C@H](N)C(=O)O)C(=O)O)C(=O)O)C(=O)O. The van der Waals surface area contributed by atoms with E-state index in [1.165, 1.54) is 6.92 Å². The molecule has 0 aliphatic heterocycles. The Balaban J connectivity index is 4.71. The molecule has 17 nitrogen and oxygen atoms in total. The van der Waals surface area contributed by atoms with Gasteiger partial charge in [0.2, 0.25) is 17.7 Å². The van der Waals surface area contributed by atoms with Gasteiger partial charge in [-0.15, -0.1) is 0 Å². The highest BCUT2D eigenvalue weighted by atomic mass is 16.4. The van der Waals surface area contributed by atoms with E-state index in [9.17, 15) is 58.5 Å². The number of hydrogen-bond acceptors (Lipinski definition) is 10. The highest BCUT2D eigenvalue weighted by Crippen LogP contribution is 2.16. The van der Waals surface area contributed by atoms with Crippen molar-refractivity contribution in [2.75, 3.05) is 6.54 Å². The monoisotopic (exact) mass is 658 g/mol. The minimum Gasteiger partial charge on any atom is -0.481 e. The van der Waals surface area contributed by atoms with Crippen LogP contribution in [0.2, 0.25) is 0 Å². The summed E-state index contributed by atoms with van der Waals surface area (Å²) in [7, 11) is 0. The molecule has 0 heterocycles. The van der Waals surface area contributed by atoms with Gasteiger partial charge >= 0.3 is 23.9 Å². The molecule has 260 valence electrons. The lowest BCUT2D eigenvalue weighted by Gasteiger charge is -2.17. The molecule has 0 aromatic carbocycles. The molecular weight excluding hydrogens is 612 g/mol. The van der Waals surface area contributed by atoms with Crippen molar-refractivity contribution in [1.82, 2.24) is 16.0 Å². The molecule has 0 aromatic rings. The second-order valence-electron chi connectivity index (χ2n) is 11.2. The average Bonchev–Trinajstić information content (AvgIpc) is 2.96. The molecular formula is C29H46N4O13. The number of carboxylic acid groups (broad SMARTS) is 4. The molecule has 5 atom stereocenters. The zero-order valence-electron chi connectivity index (χ0n) is 26.1. The second kappa shape index (κ2) is 22.2. The Labute approximate surface area is 266 Å². The van der Waals surface area contributed by atoms with E-state index in [4.69, 9.17) is 10.8 Å². The zero-order valence-corrected chi connectivity index (χ0v) is 26.1. The quantitative estimate of drug-likeness (QED) is 0.0560. The number of nitrogens with two attached hydrogens (primary N) is 1. The molecule has 0 aromatic heterocycles. The molecule has 0 radical (unpaired) electrons. The standard InChI is InChI=1S/C29H46N4O13/c1-16(17(2)34)5-3-4-14-31-23(36)13-10-22(29(45)46)33-24(37)11-6-18(26(39)40)15-19(35)7-9-21(28(43)44)32-25(38)12-8-20(30)27(41)42/h16,18,20-22H,3-15,30H2,1-2H3,(H,31,36)(H,32,38)(H,33,37)(H,39,40)(H,41,42)(H,43,44)(H,45,46)/t16-,18+,20-,21-,22-/m0/s1. The van der Waals surface area contributed by atoms with E-state index in [1.807, 2.05) is 6.92 Å². The minimum atomic E-state index is -1.50. The van der Waals surface area contributed by atoms with Crippen LogP contribution in [0.5, 0.6) is 0 Å². The fourth-order valence-corrected chi connectivity index (χ4v) is 4.13. The Bertz CT molecular complexity index is 1110. The zero-order chi connectivity index (χ0) is 35.4. The molecule has 0 bridgehead atoms. The van der Waals surface area contributed by atoms with Gasteiger partial charge in [0.15, 0.2) is 0 Å². The maximum absolute atomic E-state index is 12.4. The van der Waals surface area contributed by atoms with E-state index in [0.29, 0.717) is 19.4 Å². The second-order valence-corrected chi connectivity index (χ2v) is 11.2. The maximum atomic E-state index is 12.4. The van der Waals surface area contributed by atoms with Crippen LogP contribution in [-0.4, -0.2) is 98.3 Å². The fraction of sp³-hybridized carbons (Fsp3) is 0.690. The Morgan fingerprint density at radius 1 is 0.609 bits per heavy atom. The summed E-state index contributed by atoms with van der Waals surface area (Å²) in [5.74, 6) is -9.57. The normalized spacial score (nSPS) is 14.1. The van der Waals surface area contributed by atoms with Crippen LogP contribution in [0, 0.1) is 11.8 Å². The van der Waals surface area contributed by atoms with Crippen LogP contribution < -0.4 is 21.7 Å². The smallest absolute Gasteiger partial charge is 0.326 e. The molecule has 0 fully saturated rings. The number of carbonyl (C=O) groups excluding carboxylic acids is 5. The number of Topliss-reactive ketones (excluding diaryl/α,β-unsaturated/α-hetero) is 2. The van der Waals surface area contributed by atoms with Crippen molar-refractivity contribution in [3.8, 4) is 0 Å². The molecule has 9 N–H and O–H groups in total. The molecule has 3 amide bonds. The highest BCUT2D eigenvalue weighted by molar-refractivity contribution is 5.87. The number of rotatable bonds is 26. The predicted molar refractivity (Wildman–Crippen MR) is 159 cm³/mol.